The van der Waals surface area contributed by atoms with E-state index in [-0.39, 0.29) is 23.9 Å². The highest BCUT2D eigenvalue weighted by Crippen LogP contribution is 2.30. The van der Waals surface area contributed by atoms with Crippen LogP contribution in [0.4, 0.5) is 5.69 Å². The minimum atomic E-state index is 0.0105. The number of para-hydroxylation sites is 1. The van der Waals surface area contributed by atoms with Gasteiger partial charge in [-0.05, 0) is 30.5 Å². The molecule has 26 heavy (non-hydrogen) atoms. The third-order valence-electron chi connectivity index (χ3n) is 5.03. The van der Waals surface area contributed by atoms with E-state index in [0.29, 0.717) is 0 Å². The second-order valence-electron chi connectivity index (χ2n) is 7.27. The van der Waals surface area contributed by atoms with E-state index < -0.39 is 0 Å². The number of benzene rings is 1. The summed E-state index contributed by atoms with van der Waals surface area (Å²) in [7, 11) is 0. The molecule has 4 nitrogen and oxygen atoms in total. The van der Waals surface area contributed by atoms with E-state index in [1.807, 2.05) is 13.8 Å². The number of amides is 1. The first kappa shape index (κ1) is 18.9. The molecule has 0 aliphatic carbocycles. The normalized spacial score (nSPS) is 17.9. The molecule has 140 valence electrons. The van der Waals surface area contributed by atoms with Crippen LogP contribution in [0, 0.1) is 5.92 Å². The molecule has 2 aromatic rings. The molecule has 2 heterocycles. The summed E-state index contributed by atoms with van der Waals surface area (Å²) < 4.78 is 0. The predicted molar refractivity (Wildman–Crippen MR) is 110 cm³/mol. The van der Waals surface area contributed by atoms with Gasteiger partial charge in [0.05, 0.1) is 6.04 Å². The lowest BCUT2D eigenvalue weighted by atomic mass is 10.0. The highest BCUT2D eigenvalue weighted by Gasteiger charge is 2.31. The van der Waals surface area contributed by atoms with Crippen molar-refractivity contribution in [3.05, 3.63) is 52.7 Å². The SMILES string of the molecule is CC(C)C(=O)N[C@H](C)[C@H](c1cccs1)N1CCN(c2ccccc2)CC1. The highest BCUT2D eigenvalue weighted by atomic mass is 32.1. The largest absolute Gasteiger partial charge is 0.369 e. The molecule has 2 atom stereocenters. The van der Waals surface area contributed by atoms with E-state index in [9.17, 15) is 4.79 Å². The summed E-state index contributed by atoms with van der Waals surface area (Å²) in [5.74, 6) is 0.137. The van der Waals surface area contributed by atoms with E-state index >= 15 is 0 Å². The Labute approximate surface area is 160 Å². The fraction of sp³-hybridized carbons (Fsp3) is 0.476. The number of nitrogens with one attached hydrogen (secondary N) is 1. The summed E-state index contributed by atoms with van der Waals surface area (Å²) in [6.45, 7) is 10.0. The van der Waals surface area contributed by atoms with Crippen LogP contribution < -0.4 is 10.2 Å². The van der Waals surface area contributed by atoms with Gasteiger partial charge in [0.2, 0.25) is 5.91 Å². The molecule has 1 aromatic carbocycles. The second-order valence-corrected chi connectivity index (χ2v) is 8.25. The van der Waals surface area contributed by atoms with Gasteiger partial charge in [0.25, 0.3) is 0 Å². The number of hydrogen-bond donors (Lipinski definition) is 1. The van der Waals surface area contributed by atoms with Crippen molar-refractivity contribution >= 4 is 22.9 Å². The molecule has 1 aliphatic heterocycles. The number of hydrogen-bond acceptors (Lipinski definition) is 4. The maximum absolute atomic E-state index is 12.2. The van der Waals surface area contributed by atoms with Crippen molar-refractivity contribution in [1.29, 1.82) is 0 Å². The molecule has 1 aromatic heterocycles. The zero-order chi connectivity index (χ0) is 18.5. The van der Waals surface area contributed by atoms with E-state index in [4.69, 9.17) is 0 Å². The number of carbonyl (C=O) groups excluding carboxylic acids is 1. The first-order valence-corrected chi connectivity index (χ1v) is 10.3. The Morgan fingerprint density at radius 3 is 2.27 bits per heavy atom. The molecule has 1 fully saturated rings. The lowest BCUT2D eigenvalue weighted by Gasteiger charge is -2.42. The molecule has 3 rings (SSSR count). The Balaban J connectivity index is 1.69. The number of piperazine rings is 1. The van der Waals surface area contributed by atoms with Crippen molar-refractivity contribution in [2.75, 3.05) is 31.1 Å². The zero-order valence-corrected chi connectivity index (χ0v) is 16.7. The van der Waals surface area contributed by atoms with E-state index in [1.54, 1.807) is 11.3 Å². The van der Waals surface area contributed by atoms with Gasteiger partial charge >= 0.3 is 0 Å². The van der Waals surface area contributed by atoms with Crippen LogP contribution in [0.15, 0.2) is 47.8 Å². The van der Waals surface area contributed by atoms with Gasteiger partial charge in [0.1, 0.15) is 0 Å². The van der Waals surface area contributed by atoms with Crippen molar-refractivity contribution in [2.45, 2.75) is 32.9 Å². The van der Waals surface area contributed by atoms with Crippen LogP contribution in [0.2, 0.25) is 0 Å². The second kappa shape index (κ2) is 8.69. The Bertz CT molecular complexity index is 679. The number of carbonyl (C=O) groups is 1. The van der Waals surface area contributed by atoms with Crippen LogP contribution in [0.25, 0.3) is 0 Å². The third kappa shape index (κ3) is 4.46. The van der Waals surface area contributed by atoms with Gasteiger partial charge in [0, 0.05) is 48.7 Å². The molecule has 0 spiro atoms. The summed E-state index contributed by atoms with van der Waals surface area (Å²) in [5, 5.41) is 5.34. The van der Waals surface area contributed by atoms with Gasteiger partial charge < -0.3 is 10.2 Å². The van der Waals surface area contributed by atoms with Gasteiger partial charge in [0.15, 0.2) is 0 Å². The maximum Gasteiger partial charge on any atom is 0.222 e. The van der Waals surface area contributed by atoms with Gasteiger partial charge in [-0.25, -0.2) is 0 Å². The standard InChI is InChI=1S/C21H29N3OS/c1-16(2)21(25)22-17(3)20(19-10-7-15-26-19)24-13-11-23(12-14-24)18-8-5-4-6-9-18/h4-10,15-17,20H,11-14H2,1-3H3,(H,22,25)/t17-,20-/m1/s1. The Morgan fingerprint density at radius 2 is 1.69 bits per heavy atom. The molecule has 0 bridgehead atoms. The van der Waals surface area contributed by atoms with E-state index in [1.165, 1.54) is 10.6 Å². The summed E-state index contributed by atoms with van der Waals surface area (Å²) >= 11 is 1.78. The highest BCUT2D eigenvalue weighted by molar-refractivity contribution is 7.10. The Hall–Kier alpha value is -1.85. The lowest BCUT2D eigenvalue weighted by molar-refractivity contribution is -0.125. The van der Waals surface area contributed by atoms with Gasteiger partial charge in [-0.3, -0.25) is 9.69 Å². The van der Waals surface area contributed by atoms with Crippen molar-refractivity contribution in [3.63, 3.8) is 0 Å². The van der Waals surface area contributed by atoms with Crippen LogP contribution >= 0.6 is 11.3 Å². The Kier molecular flexibility index (Phi) is 6.33. The fourth-order valence-corrected chi connectivity index (χ4v) is 4.53. The number of nitrogens with zero attached hydrogens (tertiary/aromatic N) is 2. The molecule has 1 N–H and O–H groups in total. The summed E-state index contributed by atoms with van der Waals surface area (Å²) in [5.41, 5.74) is 1.29. The minimum Gasteiger partial charge on any atom is -0.369 e. The maximum atomic E-state index is 12.2. The quantitative estimate of drug-likeness (QED) is 0.839. The summed E-state index contributed by atoms with van der Waals surface area (Å²) in [6.07, 6.45) is 0. The Morgan fingerprint density at radius 1 is 1.00 bits per heavy atom. The van der Waals surface area contributed by atoms with E-state index in [2.05, 4.69) is 69.9 Å². The zero-order valence-electron chi connectivity index (χ0n) is 15.9. The van der Waals surface area contributed by atoms with Gasteiger partial charge in [-0.1, -0.05) is 38.1 Å². The minimum absolute atomic E-state index is 0.0105. The average molecular weight is 372 g/mol. The van der Waals surface area contributed by atoms with Crippen molar-refractivity contribution in [1.82, 2.24) is 10.2 Å². The predicted octanol–water partition coefficient (Wildman–Crippen LogP) is 3.77. The monoisotopic (exact) mass is 371 g/mol. The molecular weight excluding hydrogens is 342 g/mol. The first-order valence-electron chi connectivity index (χ1n) is 9.44. The lowest BCUT2D eigenvalue weighted by Crippen LogP contribution is -2.52. The third-order valence-corrected chi connectivity index (χ3v) is 5.97. The van der Waals surface area contributed by atoms with Crippen LogP contribution in [0.1, 0.15) is 31.7 Å². The summed E-state index contributed by atoms with van der Waals surface area (Å²) in [4.78, 5) is 18.5. The smallest absolute Gasteiger partial charge is 0.222 e. The topological polar surface area (TPSA) is 35.6 Å². The fourth-order valence-electron chi connectivity index (χ4n) is 3.57. The van der Waals surface area contributed by atoms with Gasteiger partial charge in [-0.2, -0.15) is 0 Å². The van der Waals surface area contributed by atoms with Crippen LogP contribution in [0.3, 0.4) is 0 Å². The molecule has 1 saturated heterocycles. The van der Waals surface area contributed by atoms with E-state index in [0.717, 1.165) is 26.2 Å². The van der Waals surface area contributed by atoms with Crippen LogP contribution in [0.5, 0.6) is 0 Å². The molecular formula is C21H29N3OS. The van der Waals surface area contributed by atoms with Crippen molar-refractivity contribution in [3.8, 4) is 0 Å². The molecule has 0 unspecified atom stereocenters. The number of anilines is 1. The molecule has 1 amide bonds. The molecule has 0 saturated carbocycles. The first-order chi connectivity index (χ1) is 12.6. The van der Waals surface area contributed by atoms with Gasteiger partial charge in [-0.15, -0.1) is 11.3 Å². The van der Waals surface area contributed by atoms with Crippen LogP contribution in [-0.4, -0.2) is 43.0 Å². The molecule has 5 heteroatoms. The number of rotatable bonds is 6. The average Bonchev–Trinajstić information content (AvgIpc) is 3.17. The number of thiophene rings is 1. The summed E-state index contributed by atoms with van der Waals surface area (Å²) in [6, 6.07) is 15.2. The van der Waals surface area contributed by atoms with Crippen molar-refractivity contribution < 1.29 is 4.79 Å². The molecule has 0 radical (unpaired) electrons. The van der Waals surface area contributed by atoms with Crippen LogP contribution in [-0.2, 0) is 4.79 Å². The molecule has 1 aliphatic rings. The van der Waals surface area contributed by atoms with Crippen molar-refractivity contribution in [2.24, 2.45) is 5.92 Å².